The van der Waals surface area contributed by atoms with E-state index < -0.39 is 0 Å². The molecule has 1 aromatic heterocycles. The van der Waals surface area contributed by atoms with Crippen LogP contribution in [0.3, 0.4) is 0 Å². The average molecular weight is 240 g/mol. The minimum atomic E-state index is 1.02. The quantitative estimate of drug-likeness (QED) is 0.736. The normalized spacial score (nSPS) is 11.8. The summed E-state index contributed by atoms with van der Waals surface area (Å²) in [6.07, 6.45) is 7.06. The predicted octanol–water partition coefficient (Wildman–Crippen LogP) is 3.58. The summed E-state index contributed by atoms with van der Waals surface area (Å²) in [4.78, 5) is 4.12. The number of alkyl halides is 1. The molecule has 2 heteroatoms. The summed E-state index contributed by atoms with van der Waals surface area (Å²) in [5, 5.41) is 1.02. The van der Waals surface area contributed by atoms with Crippen LogP contribution in [0.25, 0.3) is 5.57 Å². The Balaban J connectivity index is 2.88. The van der Waals surface area contributed by atoms with E-state index in [1.165, 1.54) is 16.7 Å². The SMILES string of the molecule is C/C(=C/CCBr)c1cnccc1C. The van der Waals surface area contributed by atoms with Gasteiger partial charge in [-0.2, -0.15) is 0 Å². The van der Waals surface area contributed by atoms with Crippen LogP contribution < -0.4 is 0 Å². The summed E-state index contributed by atoms with van der Waals surface area (Å²) in [5.41, 5.74) is 3.85. The van der Waals surface area contributed by atoms with Crippen LogP contribution in [0, 0.1) is 6.92 Å². The number of aromatic nitrogens is 1. The van der Waals surface area contributed by atoms with Gasteiger partial charge in [0.15, 0.2) is 0 Å². The van der Waals surface area contributed by atoms with Crippen molar-refractivity contribution in [1.82, 2.24) is 4.98 Å². The molecule has 0 saturated carbocycles. The van der Waals surface area contributed by atoms with Crippen molar-refractivity contribution < 1.29 is 0 Å². The Labute approximate surface area is 88.0 Å². The van der Waals surface area contributed by atoms with Gasteiger partial charge >= 0.3 is 0 Å². The Morgan fingerprint density at radius 1 is 1.62 bits per heavy atom. The molecule has 0 bridgehead atoms. The molecular weight excluding hydrogens is 226 g/mol. The zero-order chi connectivity index (χ0) is 9.68. The molecule has 13 heavy (non-hydrogen) atoms. The number of allylic oxidation sites excluding steroid dienone is 2. The van der Waals surface area contributed by atoms with Gasteiger partial charge < -0.3 is 0 Å². The number of rotatable bonds is 3. The summed E-state index contributed by atoms with van der Waals surface area (Å²) in [6, 6.07) is 2.04. The monoisotopic (exact) mass is 239 g/mol. The average Bonchev–Trinajstić information content (AvgIpc) is 2.15. The lowest BCUT2D eigenvalue weighted by Crippen LogP contribution is -1.87. The smallest absolute Gasteiger partial charge is 0.0345 e. The highest BCUT2D eigenvalue weighted by Crippen LogP contribution is 2.17. The molecule has 1 heterocycles. The predicted molar refractivity (Wildman–Crippen MR) is 61.0 cm³/mol. The minimum absolute atomic E-state index is 1.02. The molecule has 0 aliphatic heterocycles. The molecule has 0 aromatic carbocycles. The van der Waals surface area contributed by atoms with Crippen molar-refractivity contribution in [1.29, 1.82) is 0 Å². The Kier molecular flexibility index (Phi) is 4.16. The summed E-state index contributed by atoms with van der Waals surface area (Å²) in [5.74, 6) is 0. The van der Waals surface area contributed by atoms with Gasteiger partial charge in [-0.15, -0.1) is 0 Å². The van der Waals surface area contributed by atoms with Crippen molar-refractivity contribution >= 4 is 21.5 Å². The van der Waals surface area contributed by atoms with Crippen LogP contribution in [0.5, 0.6) is 0 Å². The molecule has 1 nitrogen and oxygen atoms in total. The van der Waals surface area contributed by atoms with Crippen LogP contribution in [0.15, 0.2) is 24.5 Å². The molecule has 0 N–H and O–H groups in total. The topological polar surface area (TPSA) is 12.9 Å². The number of aryl methyl sites for hydroxylation is 1. The third kappa shape index (κ3) is 2.96. The lowest BCUT2D eigenvalue weighted by molar-refractivity contribution is 1.22. The summed E-state index contributed by atoms with van der Waals surface area (Å²) < 4.78 is 0. The van der Waals surface area contributed by atoms with E-state index in [0.717, 1.165) is 11.8 Å². The number of hydrogen-bond acceptors (Lipinski definition) is 1. The molecule has 70 valence electrons. The van der Waals surface area contributed by atoms with E-state index in [9.17, 15) is 0 Å². The van der Waals surface area contributed by atoms with Gasteiger partial charge in [-0.3, -0.25) is 4.98 Å². The van der Waals surface area contributed by atoms with Crippen molar-refractivity contribution in [3.05, 3.63) is 35.7 Å². The van der Waals surface area contributed by atoms with E-state index in [2.05, 4.69) is 40.8 Å². The van der Waals surface area contributed by atoms with Gasteiger partial charge in [0.25, 0.3) is 0 Å². The largest absolute Gasteiger partial charge is 0.264 e. The first-order chi connectivity index (χ1) is 6.25. The summed E-state index contributed by atoms with van der Waals surface area (Å²) in [7, 11) is 0. The van der Waals surface area contributed by atoms with Gasteiger partial charge in [-0.1, -0.05) is 22.0 Å². The van der Waals surface area contributed by atoms with E-state index in [1.54, 1.807) is 0 Å². The van der Waals surface area contributed by atoms with Crippen molar-refractivity contribution in [3.63, 3.8) is 0 Å². The Hall–Kier alpha value is -0.630. The minimum Gasteiger partial charge on any atom is -0.264 e. The van der Waals surface area contributed by atoms with Crippen LogP contribution >= 0.6 is 15.9 Å². The van der Waals surface area contributed by atoms with E-state index in [-0.39, 0.29) is 0 Å². The second-order valence-electron chi connectivity index (χ2n) is 3.06. The van der Waals surface area contributed by atoms with Gasteiger partial charge in [0.1, 0.15) is 0 Å². The summed E-state index contributed by atoms with van der Waals surface area (Å²) in [6.45, 7) is 4.25. The maximum atomic E-state index is 4.12. The third-order valence-corrected chi connectivity index (χ3v) is 2.48. The van der Waals surface area contributed by atoms with Gasteiger partial charge in [0, 0.05) is 17.7 Å². The van der Waals surface area contributed by atoms with Crippen LogP contribution in [0.2, 0.25) is 0 Å². The van der Waals surface area contributed by atoms with Gasteiger partial charge in [-0.25, -0.2) is 0 Å². The zero-order valence-corrected chi connectivity index (χ0v) is 9.63. The highest BCUT2D eigenvalue weighted by atomic mass is 79.9. The molecule has 1 rings (SSSR count). The standard InChI is InChI=1S/C11H14BrN/c1-9(4-3-6-12)11-8-13-7-5-10(11)2/h4-5,7-8H,3,6H2,1-2H3/b9-4-. The van der Waals surface area contributed by atoms with Crippen molar-refractivity contribution in [2.75, 3.05) is 5.33 Å². The molecule has 1 aromatic rings. The Morgan fingerprint density at radius 3 is 3.00 bits per heavy atom. The molecule has 0 fully saturated rings. The molecular formula is C11H14BrN. The lowest BCUT2D eigenvalue weighted by Gasteiger charge is -2.04. The van der Waals surface area contributed by atoms with Gasteiger partial charge in [0.05, 0.1) is 0 Å². The van der Waals surface area contributed by atoms with E-state index >= 15 is 0 Å². The fourth-order valence-corrected chi connectivity index (χ4v) is 1.49. The van der Waals surface area contributed by atoms with Crippen LogP contribution in [-0.4, -0.2) is 10.3 Å². The molecule has 0 radical (unpaired) electrons. The molecule has 0 saturated heterocycles. The lowest BCUT2D eigenvalue weighted by atomic mass is 10.0. The maximum absolute atomic E-state index is 4.12. The van der Waals surface area contributed by atoms with Crippen LogP contribution in [0.4, 0.5) is 0 Å². The third-order valence-electron chi connectivity index (χ3n) is 2.02. The van der Waals surface area contributed by atoms with Crippen molar-refractivity contribution in [3.8, 4) is 0 Å². The van der Waals surface area contributed by atoms with Gasteiger partial charge in [-0.05, 0) is 43.0 Å². The molecule has 0 spiro atoms. The fourth-order valence-electron chi connectivity index (χ4n) is 1.26. The molecule has 0 amide bonds. The first kappa shape index (κ1) is 10.5. The second kappa shape index (κ2) is 5.18. The molecule has 0 atom stereocenters. The first-order valence-corrected chi connectivity index (χ1v) is 5.51. The molecule has 0 aliphatic carbocycles. The number of pyridine rings is 1. The molecule has 0 aliphatic rings. The number of hydrogen-bond donors (Lipinski definition) is 0. The fraction of sp³-hybridized carbons (Fsp3) is 0.364. The highest BCUT2D eigenvalue weighted by Gasteiger charge is 1.98. The van der Waals surface area contributed by atoms with E-state index in [4.69, 9.17) is 0 Å². The number of nitrogens with zero attached hydrogens (tertiary/aromatic N) is 1. The second-order valence-corrected chi connectivity index (χ2v) is 3.85. The van der Waals surface area contributed by atoms with E-state index in [0.29, 0.717) is 0 Å². The van der Waals surface area contributed by atoms with Crippen LogP contribution in [0.1, 0.15) is 24.5 Å². The van der Waals surface area contributed by atoms with Crippen LogP contribution in [-0.2, 0) is 0 Å². The molecule has 0 unspecified atom stereocenters. The van der Waals surface area contributed by atoms with Gasteiger partial charge in [0.2, 0.25) is 0 Å². The highest BCUT2D eigenvalue weighted by molar-refractivity contribution is 9.09. The zero-order valence-electron chi connectivity index (χ0n) is 8.05. The summed E-state index contributed by atoms with van der Waals surface area (Å²) >= 11 is 3.41. The van der Waals surface area contributed by atoms with Crippen molar-refractivity contribution in [2.24, 2.45) is 0 Å². The Bertz CT molecular complexity index is 305. The number of halogens is 1. The first-order valence-electron chi connectivity index (χ1n) is 4.39. The maximum Gasteiger partial charge on any atom is 0.0345 e. The van der Waals surface area contributed by atoms with Crippen molar-refractivity contribution in [2.45, 2.75) is 20.3 Å². The van der Waals surface area contributed by atoms with E-state index in [1.807, 2.05) is 18.5 Å². The Morgan fingerprint density at radius 2 is 2.38 bits per heavy atom.